The molecule has 0 bridgehead atoms. The fraction of sp³-hybridized carbons (Fsp3) is 0.789. The van der Waals surface area contributed by atoms with Crippen LogP contribution in [0.5, 0.6) is 0 Å². The summed E-state index contributed by atoms with van der Waals surface area (Å²) in [5.74, 6) is -0.193. The Labute approximate surface area is 148 Å². The number of ether oxygens (including phenoxy) is 1. The molecule has 1 atom stereocenters. The van der Waals surface area contributed by atoms with Gasteiger partial charge in [-0.15, -0.1) is 0 Å². The fourth-order valence-corrected chi connectivity index (χ4v) is 3.84. The van der Waals surface area contributed by atoms with E-state index >= 15 is 0 Å². The topological polar surface area (TPSA) is 52.6 Å². The van der Waals surface area contributed by atoms with E-state index in [0.717, 1.165) is 5.57 Å². The highest BCUT2D eigenvalue weighted by atomic mass is 28.4. The van der Waals surface area contributed by atoms with Gasteiger partial charge in [-0.1, -0.05) is 26.3 Å². The van der Waals surface area contributed by atoms with Gasteiger partial charge >= 0.3 is 5.97 Å². The van der Waals surface area contributed by atoms with E-state index < -0.39 is 13.9 Å². The first kappa shape index (κ1) is 21.1. The molecule has 0 heterocycles. The number of hydrogen-bond acceptors (Lipinski definition) is 4. The SMILES string of the molecule is CC1=C(CC(=O)OC(C)(C)C)C[C@@H](O[Si](C)(C)C(C)(C)C)CC1=O. The molecular formula is C19H34O4Si. The zero-order valence-electron chi connectivity index (χ0n) is 16.8. The third-order valence-electron chi connectivity index (χ3n) is 4.88. The van der Waals surface area contributed by atoms with Gasteiger partial charge in [0.25, 0.3) is 0 Å². The number of hydrogen-bond donors (Lipinski definition) is 0. The van der Waals surface area contributed by atoms with Crippen LogP contribution in [0.3, 0.4) is 0 Å². The molecule has 0 aromatic rings. The summed E-state index contributed by atoms with van der Waals surface area (Å²) in [6.45, 7) is 18.3. The normalized spacial score (nSPS) is 20.4. The maximum absolute atomic E-state index is 12.3. The van der Waals surface area contributed by atoms with Crippen LogP contribution in [0, 0.1) is 0 Å². The van der Waals surface area contributed by atoms with E-state index in [1.807, 2.05) is 27.7 Å². The van der Waals surface area contributed by atoms with Crippen molar-refractivity contribution in [1.29, 1.82) is 0 Å². The smallest absolute Gasteiger partial charge is 0.310 e. The molecule has 0 aromatic heterocycles. The lowest BCUT2D eigenvalue weighted by molar-refractivity contribution is -0.154. The molecule has 0 aromatic carbocycles. The average Bonchev–Trinajstić information content (AvgIpc) is 2.30. The Morgan fingerprint density at radius 2 is 1.67 bits per heavy atom. The van der Waals surface area contributed by atoms with E-state index in [9.17, 15) is 9.59 Å². The zero-order valence-corrected chi connectivity index (χ0v) is 17.8. The van der Waals surface area contributed by atoms with Crippen molar-refractivity contribution in [3.8, 4) is 0 Å². The Morgan fingerprint density at radius 1 is 1.12 bits per heavy atom. The van der Waals surface area contributed by atoms with Crippen molar-refractivity contribution >= 4 is 20.1 Å². The molecule has 0 amide bonds. The molecule has 24 heavy (non-hydrogen) atoms. The number of ketones is 1. The average molecular weight is 355 g/mol. The van der Waals surface area contributed by atoms with Gasteiger partial charge in [-0.3, -0.25) is 9.59 Å². The van der Waals surface area contributed by atoms with E-state index in [-0.39, 0.29) is 29.3 Å². The summed E-state index contributed by atoms with van der Waals surface area (Å²) < 4.78 is 11.8. The number of rotatable bonds is 4. The van der Waals surface area contributed by atoms with Crippen LogP contribution in [0.15, 0.2) is 11.1 Å². The largest absolute Gasteiger partial charge is 0.460 e. The molecule has 1 aliphatic rings. The summed E-state index contributed by atoms with van der Waals surface area (Å²) in [6.07, 6.45) is 1.10. The van der Waals surface area contributed by atoms with Crippen molar-refractivity contribution in [3.05, 3.63) is 11.1 Å². The Balaban J connectivity index is 2.86. The van der Waals surface area contributed by atoms with Gasteiger partial charge in [0.05, 0.1) is 12.5 Å². The number of allylic oxidation sites excluding steroid dienone is 1. The van der Waals surface area contributed by atoms with Crippen molar-refractivity contribution in [2.24, 2.45) is 0 Å². The predicted octanol–water partition coefficient (Wildman–Crippen LogP) is 4.79. The minimum absolute atomic E-state index is 0.0866. The van der Waals surface area contributed by atoms with Crippen molar-refractivity contribution < 1.29 is 18.8 Å². The minimum Gasteiger partial charge on any atom is -0.460 e. The molecule has 0 spiro atoms. The van der Waals surface area contributed by atoms with Crippen LogP contribution in [0.2, 0.25) is 18.1 Å². The summed E-state index contributed by atoms with van der Waals surface area (Å²) in [5.41, 5.74) is 1.06. The number of Topliss-reactive ketones (excluding diaryl/α,β-unsaturated/α-hetero) is 1. The molecule has 1 aliphatic carbocycles. The van der Waals surface area contributed by atoms with Crippen molar-refractivity contribution in [2.75, 3.05) is 0 Å². The lowest BCUT2D eigenvalue weighted by Crippen LogP contribution is -2.45. The third-order valence-corrected chi connectivity index (χ3v) is 9.42. The van der Waals surface area contributed by atoms with E-state index in [1.54, 1.807) is 0 Å². The van der Waals surface area contributed by atoms with Gasteiger partial charge in [0.1, 0.15) is 5.60 Å². The van der Waals surface area contributed by atoms with Gasteiger partial charge in [0.15, 0.2) is 14.1 Å². The van der Waals surface area contributed by atoms with Crippen molar-refractivity contribution in [1.82, 2.24) is 0 Å². The van der Waals surface area contributed by atoms with Gasteiger partial charge in [-0.05, 0) is 57.8 Å². The summed E-state index contributed by atoms with van der Waals surface area (Å²) >= 11 is 0. The van der Waals surface area contributed by atoms with Gasteiger partial charge in [-0.2, -0.15) is 0 Å². The van der Waals surface area contributed by atoms with E-state index in [4.69, 9.17) is 9.16 Å². The highest BCUT2D eigenvalue weighted by Crippen LogP contribution is 2.39. The van der Waals surface area contributed by atoms with Crippen LogP contribution in [-0.4, -0.2) is 31.8 Å². The predicted molar refractivity (Wildman–Crippen MR) is 99.5 cm³/mol. The molecule has 0 unspecified atom stereocenters. The maximum atomic E-state index is 12.3. The van der Waals surface area contributed by atoms with Crippen LogP contribution in [0.1, 0.15) is 67.7 Å². The molecule has 138 valence electrons. The van der Waals surface area contributed by atoms with E-state index in [0.29, 0.717) is 18.4 Å². The first-order valence-electron chi connectivity index (χ1n) is 8.74. The van der Waals surface area contributed by atoms with Crippen LogP contribution in [-0.2, 0) is 18.8 Å². The molecule has 1 rings (SSSR count). The number of carbonyl (C=O) groups excluding carboxylic acids is 2. The quantitative estimate of drug-likeness (QED) is 0.538. The Hall–Kier alpha value is -0.943. The molecule has 0 saturated heterocycles. The molecule has 0 N–H and O–H groups in total. The summed E-state index contributed by atoms with van der Waals surface area (Å²) in [4.78, 5) is 24.5. The fourth-order valence-electron chi connectivity index (χ4n) is 2.49. The molecule has 4 nitrogen and oxygen atoms in total. The number of esters is 1. The van der Waals surface area contributed by atoms with Crippen LogP contribution in [0.25, 0.3) is 0 Å². The second-order valence-electron chi connectivity index (χ2n) is 9.32. The Kier molecular flexibility index (Phi) is 6.26. The lowest BCUT2D eigenvalue weighted by Gasteiger charge is -2.40. The molecular weight excluding hydrogens is 320 g/mol. The van der Waals surface area contributed by atoms with Gasteiger partial charge in [0, 0.05) is 6.42 Å². The standard InChI is InChI=1S/C19H34O4Si/c1-13-14(11-17(21)22-18(2,3)4)10-15(12-16(13)20)23-24(8,9)19(5,6)7/h15H,10-12H2,1-9H3/t15-/m1/s1. The van der Waals surface area contributed by atoms with Gasteiger partial charge in [0.2, 0.25) is 0 Å². The van der Waals surface area contributed by atoms with E-state index in [1.165, 1.54) is 0 Å². The van der Waals surface area contributed by atoms with Crippen molar-refractivity contribution in [2.45, 2.75) is 97.6 Å². The van der Waals surface area contributed by atoms with Crippen LogP contribution in [0.4, 0.5) is 0 Å². The third kappa shape index (κ3) is 5.85. The Morgan fingerprint density at radius 3 is 2.12 bits per heavy atom. The second kappa shape index (κ2) is 7.12. The van der Waals surface area contributed by atoms with Crippen molar-refractivity contribution in [3.63, 3.8) is 0 Å². The lowest BCUT2D eigenvalue weighted by atomic mass is 9.88. The minimum atomic E-state index is -1.94. The maximum Gasteiger partial charge on any atom is 0.310 e. The molecule has 0 saturated carbocycles. The summed E-state index contributed by atoms with van der Waals surface area (Å²) in [5, 5.41) is 0.0948. The van der Waals surface area contributed by atoms with Crippen LogP contribution >= 0.6 is 0 Å². The molecule has 0 fully saturated rings. The molecule has 0 aliphatic heterocycles. The highest BCUT2D eigenvalue weighted by Gasteiger charge is 2.40. The van der Waals surface area contributed by atoms with Gasteiger partial charge in [-0.25, -0.2) is 0 Å². The zero-order chi connectivity index (χ0) is 18.9. The summed E-state index contributed by atoms with van der Waals surface area (Å²) in [7, 11) is -1.94. The highest BCUT2D eigenvalue weighted by molar-refractivity contribution is 6.74. The first-order valence-corrected chi connectivity index (χ1v) is 11.6. The van der Waals surface area contributed by atoms with E-state index in [2.05, 4.69) is 33.9 Å². The molecule has 0 radical (unpaired) electrons. The molecule has 5 heteroatoms. The number of carbonyl (C=O) groups is 2. The monoisotopic (exact) mass is 354 g/mol. The first-order chi connectivity index (χ1) is 10.6. The van der Waals surface area contributed by atoms with Crippen LogP contribution < -0.4 is 0 Å². The Bertz CT molecular complexity index is 533. The van der Waals surface area contributed by atoms with Gasteiger partial charge < -0.3 is 9.16 Å². The second-order valence-corrected chi connectivity index (χ2v) is 14.1. The summed E-state index contributed by atoms with van der Waals surface area (Å²) in [6, 6.07) is 0.